The zero-order valence-corrected chi connectivity index (χ0v) is 16.0. The first-order valence-corrected chi connectivity index (χ1v) is 9.14. The number of urea groups is 1. The molecule has 140 valence electrons. The number of benzene rings is 1. The van der Waals surface area contributed by atoms with E-state index in [0.29, 0.717) is 11.7 Å². The van der Waals surface area contributed by atoms with Crippen LogP contribution in [-0.2, 0) is 0 Å². The van der Waals surface area contributed by atoms with Crippen molar-refractivity contribution in [2.75, 3.05) is 39.8 Å². The molecule has 2 aromatic rings. The van der Waals surface area contributed by atoms with Gasteiger partial charge < -0.3 is 14.3 Å². The average molecular weight is 357 g/mol. The minimum Gasteiger partial charge on any atom is -0.334 e. The Kier molecular flexibility index (Phi) is 5.56. The second-order valence-electron chi connectivity index (χ2n) is 6.82. The normalized spacial score (nSPS) is 16.5. The average Bonchev–Trinajstić information content (AvgIpc) is 3.16. The maximum Gasteiger partial charge on any atom is 0.319 e. The molecule has 1 aromatic heterocycles. The Morgan fingerprint density at radius 2 is 2.04 bits per heavy atom. The highest BCUT2D eigenvalue weighted by atomic mass is 16.5. The van der Waals surface area contributed by atoms with Crippen LogP contribution in [0.15, 0.2) is 28.8 Å². The Morgan fingerprint density at radius 1 is 1.31 bits per heavy atom. The number of aryl methyl sites for hydroxylation is 1. The van der Waals surface area contributed by atoms with E-state index in [1.54, 1.807) is 4.90 Å². The highest BCUT2D eigenvalue weighted by Crippen LogP contribution is 2.24. The Hall–Kier alpha value is -2.41. The Bertz CT molecular complexity index is 752. The number of carbonyl (C=O) groups is 1. The molecule has 1 saturated heterocycles. The van der Waals surface area contributed by atoms with Crippen LogP contribution in [0.3, 0.4) is 0 Å². The fourth-order valence-electron chi connectivity index (χ4n) is 3.14. The van der Waals surface area contributed by atoms with Crippen LogP contribution >= 0.6 is 0 Å². The van der Waals surface area contributed by atoms with Gasteiger partial charge >= 0.3 is 6.03 Å². The van der Waals surface area contributed by atoms with Crippen molar-refractivity contribution >= 4 is 6.03 Å². The van der Waals surface area contributed by atoms with E-state index in [2.05, 4.69) is 22.0 Å². The first-order chi connectivity index (χ1) is 12.5. The van der Waals surface area contributed by atoms with Crippen molar-refractivity contribution in [3.63, 3.8) is 0 Å². The Balaban J connectivity index is 1.62. The molecule has 0 spiro atoms. The summed E-state index contributed by atoms with van der Waals surface area (Å²) in [5.74, 6) is 1.24. The van der Waals surface area contributed by atoms with Gasteiger partial charge in [-0.25, -0.2) is 4.79 Å². The molecule has 2 amide bonds. The van der Waals surface area contributed by atoms with Gasteiger partial charge in [-0.15, -0.1) is 0 Å². The highest BCUT2D eigenvalue weighted by molar-refractivity contribution is 5.74. The van der Waals surface area contributed by atoms with Crippen LogP contribution in [-0.4, -0.2) is 70.6 Å². The van der Waals surface area contributed by atoms with Crippen LogP contribution < -0.4 is 0 Å². The number of carbonyl (C=O) groups excluding carboxylic acids is 1. The summed E-state index contributed by atoms with van der Waals surface area (Å²) in [6.45, 7) is 9.88. The summed E-state index contributed by atoms with van der Waals surface area (Å²) in [6, 6.07) is 8.20. The highest BCUT2D eigenvalue weighted by Gasteiger charge is 2.28. The lowest BCUT2D eigenvalue weighted by molar-refractivity contribution is 0.0966. The maximum absolute atomic E-state index is 12.3. The van der Waals surface area contributed by atoms with Crippen molar-refractivity contribution < 1.29 is 9.32 Å². The van der Waals surface area contributed by atoms with Crippen LogP contribution in [0.2, 0.25) is 0 Å². The predicted molar refractivity (Wildman–Crippen MR) is 99.7 cm³/mol. The number of hydrogen-bond donors (Lipinski definition) is 0. The largest absolute Gasteiger partial charge is 0.334 e. The van der Waals surface area contributed by atoms with Crippen molar-refractivity contribution in [1.82, 2.24) is 24.8 Å². The molecule has 26 heavy (non-hydrogen) atoms. The second-order valence-corrected chi connectivity index (χ2v) is 6.82. The SMILES string of the molecule is CCN(C)C(=O)N1CCN([C@H](C)c2noc(-c3cccc(C)c3)n2)CC1. The van der Waals surface area contributed by atoms with Crippen molar-refractivity contribution in [3.05, 3.63) is 35.7 Å². The van der Waals surface area contributed by atoms with E-state index in [4.69, 9.17) is 4.52 Å². The minimum absolute atomic E-state index is 0.0541. The number of amides is 2. The molecule has 1 fully saturated rings. The van der Waals surface area contributed by atoms with Gasteiger partial charge in [-0.1, -0.05) is 22.9 Å². The molecule has 7 nitrogen and oxygen atoms in total. The molecule has 0 radical (unpaired) electrons. The Morgan fingerprint density at radius 3 is 2.69 bits per heavy atom. The van der Waals surface area contributed by atoms with Gasteiger partial charge in [-0.3, -0.25) is 4.90 Å². The van der Waals surface area contributed by atoms with E-state index in [1.165, 1.54) is 0 Å². The first kappa shape index (κ1) is 18.4. The standard InChI is InChI=1S/C19H27N5O2/c1-5-22(4)19(25)24-11-9-23(10-12-24)15(3)17-20-18(26-21-17)16-8-6-7-14(2)13-16/h6-8,13,15H,5,9-12H2,1-4H3/t15-/m1/s1. The van der Waals surface area contributed by atoms with Crippen molar-refractivity contribution in [2.24, 2.45) is 0 Å². The van der Waals surface area contributed by atoms with Gasteiger partial charge in [0.05, 0.1) is 6.04 Å². The third-order valence-corrected chi connectivity index (χ3v) is 5.01. The molecule has 2 heterocycles. The summed E-state index contributed by atoms with van der Waals surface area (Å²) in [7, 11) is 1.84. The lowest BCUT2D eigenvalue weighted by Crippen LogP contribution is -2.52. The number of hydrogen-bond acceptors (Lipinski definition) is 5. The summed E-state index contributed by atoms with van der Waals surface area (Å²) in [4.78, 5) is 22.8. The molecular weight excluding hydrogens is 330 g/mol. The van der Waals surface area contributed by atoms with Gasteiger partial charge in [0.15, 0.2) is 5.82 Å². The molecule has 0 bridgehead atoms. The monoisotopic (exact) mass is 357 g/mol. The Labute approximate surface area is 154 Å². The molecule has 0 saturated carbocycles. The van der Waals surface area contributed by atoms with E-state index in [9.17, 15) is 4.79 Å². The molecule has 1 aliphatic rings. The molecule has 1 atom stereocenters. The van der Waals surface area contributed by atoms with Gasteiger partial charge in [-0.05, 0) is 32.9 Å². The lowest BCUT2D eigenvalue weighted by Gasteiger charge is -2.38. The maximum atomic E-state index is 12.3. The third-order valence-electron chi connectivity index (χ3n) is 5.01. The van der Waals surface area contributed by atoms with Crippen molar-refractivity contribution in [1.29, 1.82) is 0 Å². The molecule has 1 aliphatic heterocycles. The number of aromatic nitrogens is 2. The number of nitrogens with zero attached hydrogens (tertiary/aromatic N) is 5. The molecular formula is C19H27N5O2. The fraction of sp³-hybridized carbons (Fsp3) is 0.526. The summed E-state index contributed by atoms with van der Waals surface area (Å²) < 4.78 is 5.46. The summed E-state index contributed by atoms with van der Waals surface area (Å²) in [6.07, 6.45) is 0. The lowest BCUT2D eigenvalue weighted by atomic mass is 10.1. The first-order valence-electron chi connectivity index (χ1n) is 9.14. The molecule has 0 unspecified atom stereocenters. The second kappa shape index (κ2) is 7.86. The molecule has 1 aromatic carbocycles. The third kappa shape index (κ3) is 3.88. The van der Waals surface area contributed by atoms with Crippen LogP contribution in [0.25, 0.3) is 11.5 Å². The van der Waals surface area contributed by atoms with Gasteiger partial charge in [0.25, 0.3) is 5.89 Å². The topological polar surface area (TPSA) is 65.7 Å². The van der Waals surface area contributed by atoms with Gasteiger partial charge in [0.2, 0.25) is 0 Å². The van der Waals surface area contributed by atoms with Crippen molar-refractivity contribution in [3.8, 4) is 11.5 Å². The molecule has 3 rings (SSSR count). The van der Waals surface area contributed by atoms with E-state index < -0.39 is 0 Å². The van der Waals surface area contributed by atoms with Gasteiger partial charge in [-0.2, -0.15) is 4.98 Å². The van der Waals surface area contributed by atoms with E-state index in [1.807, 2.05) is 50.1 Å². The quantitative estimate of drug-likeness (QED) is 0.842. The predicted octanol–water partition coefficient (Wildman–Crippen LogP) is 2.80. The van der Waals surface area contributed by atoms with Crippen LogP contribution in [0.5, 0.6) is 0 Å². The zero-order valence-electron chi connectivity index (χ0n) is 16.0. The molecule has 0 aliphatic carbocycles. The van der Waals surface area contributed by atoms with E-state index in [0.717, 1.165) is 43.9 Å². The van der Waals surface area contributed by atoms with Crippen LogP contribution in [0, 0.1) is 6.92 Å². The number of rotatable bonds is 4. The van der Waals surface area contributed by atoms with E-state index >= 15 is 0 Å². The molecule has 7 heteroatoms. The summed E-state index contributed by atoms with van der Waals surface area (Å²) >= 11 is 0. The van der Waals surface area contributed by atoms with Gasteiger partial charge in [0, 0.05) is 45.3 Å². The molecule has 0 N–H and O–H groups in total. The fourth-order valence-corrected chi connectivity index (χ4v) is 3.14. The van der Waals surface area contributed by atoms with Crippen molar-refractivity contribution in [2.45, 2.75) is 26.8 Å². The van der Waals surface area contributed by atoms with Gasteiger partial charge in [0.1, 0.15) is 0 Å². The smallest absolute Gasteiger partial charge is 0.319 e. The number of piperazine rings is 1. The summed E-state index contributed by atoms with van der Waals surface area (Å²) in [5.41, 5.74) is 2.10. The van der Waals surface area contributed by atoms with Crippen LogP contribution in [0.1, 0.15) is 31.3 Å². The van der Waals surface area contributed by atoms with E-state index in [-0.39, 0.29) is 12.1 Å². The van der Waals surface area contributed by atoms with Crippen LogP contribution in [0.4, 0.5) is 4.79 Å². The summed E-state index contributed by atoms with van der Waals surface area (Å²) in [5, 5.41) is 4.18. The minimum atomic E-state index is 0.0541. The zero-order chi connectivity index (χ0) is 18.7.